The molecule has 1 amide bonds. The monoisotopic (exact) mass is 330 g/mol. The Morgan fingerprint density at radius 2 is 1.95 bits per heavy atom. The van der Waals surface area contributed by atoms with Gasteiger partial charge in [-0.3, -0.25) is 4.79 Å². The SMILES string of the molecule is CCCNC(=O)CN(C)S(=O)(=O)/C=C/c1ccc(Cl)cc1. The predicted molar refractivity (Wildman–Crippen MR) is 85.3 cm³/mol. The summed E-state index contributed by atoms with van der Waals surface area (Å²) in [5.74, 6) is -0.317. The number of rotatable bonds is 7. The van der Waals surface area contributed by atoms with E-state index in [4.69, 9.17) is 11.6 Å². The van der Waals surface area contributed by atoms with Crippen molar-refractivity contribution in [3.05, 3.63) is 40.3 Å². The Morgan fingerprint density at radius 1 is 1.33 bits per heavy atom. The van der Waals surface area contributed by atoms with E-state index in [1.165, 1.54) is 13.1 Å². The number of sulfonamides is 1. The maximum Gasteiger partial charge on any atom is 0.236 e. The molecule has 0 bridgehead atoms. The molecule has 0 heterocycles. The van der Waals surface area contributed by atoms with E-state index >= 15 is 0 Å². The van der Waals surface area contributed by atoms with Crippen LogP contribution in [0.2, 0.25) is 5.02 Å². The van der Waals surface area contributed by atoms with Crippen LogP contribution in [0.25, 0.3) is 6.08 Å². The van der Waals surface area contributed by atoms with Gasteiger partial charge in [-0.25, -0.2) is 8.42 Å². The van der Waals surface area contributed by atoms with E-state index in [0.29, 0.717) is 17.1 Å². The molecule has 1 N–H and O–H groups in total. The lowest BCUT2D eigenvalue weighted by atomic mass is 10.2. The van der Waals surface area contributed by atoms with E-state index in [0.717, 1.165) is 16.1 Å². The fourth-order valence-corrected chi connectivity index (χ4v) is 2.41. The van der Waals surface area contributed by atoms with Gasteiger partial charge in [-0.15, -0.1) is 0 Å². The second-order valence-corrected chi connectivity index (χ2v) is 6.87. The molecule has 0 aliphatic rings. The second kappa shape index (κ2) is 8.17. The average Bonchev–Trinajstić information content (AvgIpc) is 2.44. The molecule has 1 aromatic carbocycles. The summed E-state index contributed by atoms with van der Waals surface area (Å²) in [6, 6.07) is 6.77. The van der Waals surface area contributed by atoms with E-state index in [-0.39, 0.29) is 12.5 Å². The molecule has 0 saturated carbocycles. The van der Waals surface area contributed by atoms with E-state index in [2.05, 4.69) is 5.32 Å². The molecule has 0 fully saturated rings. The molecule has 5 nitrogen and oxygen atoms in total. The third kappa shape index (κ3) is 6.29. The smallest absolute Gasteiger partial charge is 0.236 e. The number of hydrogen-bond donors (Lipinski definition) is 1. The summed E-state index contributed by atoms with van der Waals surface area (Å²) in [5, 5.41) is 4.29. The van der Waals surface area contributed by atoms with Gasteiger partial charge in [0.25, 0.3) is 0 Å². The molecule has 0 spiro atoms. The number of carbonyl (C=O) groups excluding carboxylic acids is 1. The maximum absolute atomic E-state index is 12.0. The van der Waals surface area contributed by atoms with E-state index < -0.39 is 10.0 Å². The van der Waals surface area contributed by atoms with Crippen LogP contribution in [0.1, 0.15) is 18.9 Å². The number of carbonyl (C=O) groups is 1. The van der Waals surface area contributed by atoms with Crippen molar-refractivity contribution >= 4 is 33.6 Å². The second-order valence-electron chi connectivity index (χ2n) is 4.51. The molecular formula is C14H19ClN2O3S. The summed E-state index contributed by atoms with van der Waals surface area (Å²) in [6.07, 6.45) is 2.27. The number of amides is 1. The molecule has 1 aromatic rings. The number of benzene rings is 1. The first kappa shape index (κ1) is 17.7. The van der Waals surface area contributed by atoms with Gasteiger partial charge in [-0.2, -0.15) is 4.31 Å². The third-order valence-electron chi connectivity index (χ3n) is 2.68. The summed E-state index contributed by atoms with van der Waals surface area (Å²) in [7, 11) is -2.26. The van der Waals surface area contributed by atoms with Gasteiger partial charge in [0.15, 0.2) is 0 Å². The molecule has 0 unspecified atom stereocenters. The van der Waals surface area contributed by atoms with Gasteiger partial charge < -0.3 is 5.32 Å². The minimum Gasteiger partial charge on any atom is -0.355 e. The van der Waals surface area contributed by atoms with Crippen LogP contribution in [0.15, 0.2) is 29.7 Å². The van der Waals surface area contributed by atoms with Gasteiger partial charge in [-0.05, 0) is 30.2 Å². The highest BCUT2D eigenvalue weighted by atomic mass is 35.5. The lowest BCUT2D eigenvalue weighted by molar-refractivity contribution is -0.121. The zero-order valence-corrected chi connectivity index (χ0v) is 13.6. The summed E-state index contributed by atoms with van der Waals surface area (Å²) in [5.41, 5.74) is 0.715. The van der Waals surface area contributed by atoms with E-state index in [1.807, 2.05) is 6.92 Å². The number of halogens is 1. The molecule has 0 radical (unpaired) electrons. The molecule has 7 heteroatoms. The Hall–Kier alpha value is -1.37. The van der Waals surface area contributed by atoms with Crippen molar-refractivity contribution in [2.24, 2.45) is 0 Å². The van der Waals surface area contributed by atoms with Crippen molar-refractivity contribution in [2.75, 3.05) is 20.1 Å². The number of likely N-dealkylation sites (N-methyl/N-ethyl adjacent to an activating group) is 1. The Balaban J connectivity index is 2.67. The maximum atomic E-state index is 12.0. The van der Waals surface area contributed by atoms with Gasteiger partial charge in [0.1, 0.15) is 0 Å². The average molecular weight is 331 g/mol. The van der Waals surface area contributed by atoms with Crippen molar-refractivity contribution < 1.29 is 13.2 Å². The molecule has 0 aliphatic carbocycles. The first-order valence-corrected chi connectivity index (χ1v) is 8.40. The van der Waals surface area contributed by atoms with Crippen LogP contribution in [-0.2, 0) is 14.8 Å². The van der Waals surface area contributed by atoms with Crippen LogP contribution >= 0.6 is 11.6 Å². The molecule has 21 heavy (non-hydrogen) atoms. The normalized spacial score (nSPS) is 12.0. The summed E-state index contributed by atoms with van der Waals surface area (Å²) >= 11 is 5.76. The van der Waals surface area contributed by atoms with Crippen LogP contribution in [0.5, 0.6) is 0 Å². The number of nitrogens with zero attached hydrogens (tertiary/aromatic N) is 1. The van der Waals surface area contributed by atoms with Gasteiger partial charge in [0.05, 0.1) is 6.54 Å². The summed E-state index contributed by atoms with van der Waals surface area (Å²) in [6.45, 7) is 2.26. The third-order valence-corrected chi connectivity index (χ3v) is 4.41. The number of nitrogens with one attached hydrogen (secondary N) is 1. The highest BCUT2D eigenvalue weighted by Crippen LogP contribution is 2.12. The lowest BCUT2D eigenvalue weighted by Gasteiger charge is -2.14. The highest BCUT2D eigenvalue weighted by molar-refractivity contribution is 7.92. The van der Waals surface area contributed by atoms with Gasteiger partial charge in [0.2, 0.25) is 15.9 Å². The molecule has 0 saturated heterocycles. The zero-order valence-electron chi connectivity index (χ0n) is 12.0. The first-order chi connectivity index (χ1) is 9.85. The largest absolute Gasteiger partial charge is 0.355 e. The van der Waals surface area contributed by atoms with Crippen molar-refractivity contribution in [1.29, 1.82) is 0 Å². The van der Waals surface area contributed by atoms with Crippen LogP contribution in [0.4, 0.5) is 0 Å². The van der Waals surface area contributed by atoms with Gasteiger partial charge >= 0.3 is 0 Å². The molecule has 0 aromatic heterocycles. The fourth-order valence-electron chi connectivity index (χ4n) is 1.45. The van der Waals surface area contributed by atoms with Crippen LogP contribution < -0.4 is 5.32 Å². The Kier molecular flexibility index (Phi) is 6.87. The zero-order chi connectivity index (χ0) is 15.9. The van der Waals surface area contributed by atoms with Crippen LogP contribution in [0, 0.1) is 0 Å². The van der Waals surface area contributed by atoms with Crippen molar-refractivity contribution in [3.63, 3.8) is 0 Å². The lowest BCUT2D eigenvalue weighted by Crippen LogP contribution is -2.37. The summed E-state index contributed by atoms with van der Waals surface area (Å²) < 4.78 is 25.0. The molecular weight excluding hydrogens is 312 g/mol. The minimum atomic E-state index is -3.63. The standard InChI is InChI=1S/C14H19ClN2O3S/c1-3-9-16-14(18)11-17(2)21(19,20)10-8-12-4-6-13(15)7-5-12/h4-8,10H,3,9,11H2,1-2H3,(H,16,18)/b10-8+. The molecule has 0 aliphatic heterocycles. The minimum absolute atomic E-state index is 0.201. The Bertz CT molecular complexity index is 597. The summed E-state index contributed by atoms with van der Waals surface area (Å²) in [4.78, 5) is 11.5. The van der Waals surface area contributed by atoms with Crippen LogP contribution in [0.3, 0.4) is 0 Å². The highest BCUT2D eigenvalue weighted by Gasteiger charge is 2.17. The van der Waals surface area contributed by atoms with Gasteiger partial charge in [-0.1, -0.05) is 30.7 Å². The van der Waals surface area contributed by atoms with Crippen molar-refractivity contribution in [3.8, 4) is 0 Å². The molecule has 116 valence electrons. The fraction of sp³-hybridized carbons (Fsp3) is 0.357. The quantitative estimate of drug-likeness (QED) is 0.832. The van der Waals surface area contributed by atoms with Crippen molar-refractivity contribution in [1.82, 2.24) is 9.62 Å². The van der Waals surface area contributed by atoms with Crippen LogP contribution in [-0.4, -0.2) is 38.8 Å². The number of hydrogen-bond acceptors (Lipinski definition) is 3. The molecule has 1 rings (SSSR count). The van der Waals surface area contributed by atoms with Gasteiger partial charge in [0, 0.05) is 24.0 Å². The van der Waals surface area contributed by atoms with E-state index in [9.17, 15) is 13.2 Å². The predicted octanol–water partition coefficient (Wildman–Crippen LogP) is 2.10. The molecule has 0 atom stereocenters. The first-order valence-electron chi connectivity index (χ1n) is 6.52. The Morgan fingerprint density at radius 3 is 2.52 bits per heavy atom. The topological polar surface area (TPSA) is 66.5 Å². The van der Waals surface area contributed by atoms with E-state index in [1.54, 1.807) is 24.3 Å². The van der Waals surface area contributed by atoms with Crippen molar-refractivity contribution in [2.45, 2.75) is 13.3 Å². The Labute approximate surface area is 130 Å².